The second-order valence-corrected chi connectivity index (χ2v) is 4.67. The van der Waals surface area contributed by atoms with Gasteiger partial charge in [-0.05, 0) is 38.9 Å². The van der Waals surface area contributed by atoms with Gasteiger partial charge < -0.3 is 15.3 Å². The molecule has 0 saturated carbocycles. The van der Waals surface area contributed by atoms with Gasteiger partial charge in [-0.3, -0.25) is 4.79 Å². The minimum Gasteiger partial charge on any atom is -0.481 e. The first-order valence-electron chi connectivity index (χ1n) is 5.71. The van der Waals surface area contributed by atoms with Crippen molar-refractivity contribution in [1.29, 1.82) is 0 Å². The first-order valence-corrected chi connectivity index (χ1v) is 5.71. The van der Waals surface area contributed by atoms with Crippen LogP contribution in [0.2, 0.25) is 0 Å². The molecule has 0 amide bonds. The number of nitrogens with one attached hydrogen (secondary N) is 1. The maximum Gasteiger partial charge on any atom is 0.307 e. The van der Waals surface area contributed by atoms with E-state index in [2.05, 4.69) is 17.3 Å². The summed E-state index contributed by atoms with van der Waals surface area (Å²) in [4.78, 5) is 12.9. The van der Waals surface area contributed by atoms with E-state index in [0.29, 0.717) is 12.5 Å². The third-order valence-corrected chi connectivity index (χ3v) is 3.03. The van der Waals surface area contributed by atoms with Crippen LogP contribution in [0.15, 0.2) is 0 Å². The zero-order valence-corrected chi connectivity index (χ0v) is 9.70. The molecule has 2 N–H and O–H groups in total. The van der Waals surface area contributed by atoms with Crippen LogP contribution < -0.4 is 5.32 Å². The zero-order valence-electron chi connectivity index (χ0n) is 9.70. The lowest BCUT2D eigenvalue weighted by Crippen LogP contribution is -2.38. The Morgan fingerprint density at radius 1 is 1.67 bits per heavy atom. The third-order valence-electron chi connectivity index (χ3n) is 3.03. The second kappa shape index (κ2) is 6.08. The molecule has 4 heteroatoms. The van der Waals surface area contributed by atoms with E-state index in [9.17, 15) is 4.79 Å². The van der Waals surface area contributed by atoms with Gasteiger partial charge in [0.1, 0.15) is 0 Å². The Morgan fingerprint density at radius 2 is 2.40 bits per heavy atom. The molecule has 4 nitrogen and oxygen atoms in total. The van der Waals surface area contributed by atoms with Gasteiger partial charge in [0, 0.05) is 13.1 Å². The maximum atomic E-state index is 10.6. The van der Waals surface area contributed by atoms with Crippen LogP contribution >= 0.6 is 0 Å². The number of aliphatic carboxylic acids is 1. The van der Waals surface area contributed by atoms with E-state index in [-0.39, 0.29) is 5.92 Å². The fourth-order valence-electron chi connectivity index (χ4n) is 2.03. The van der Waals surface area contributed by atoms with Crippen LogP contribution in [0.4, 0.5) is 0 Å². The number of hydrogen-bond acceptors (Lipinski definition) is 3. The van der Waals surface area contributed by atoms with E-state index < -0.39 is 5.97 Å². The number of hydrogen-bond donors (Lipinski definition) is 2. The van der Waals surface area contributed by atoms with Gasteiger partial charge in [0.05, 0.1) is 5.92 Å². The van der Waals surface area contributed by atoms with Crippen molar-refractivity contribution < 1.29 is 9.90 Å². The Labute approximate surface area is 91.6 Å². The smallest absolute Gasteiger partial charge is 0.307 e. The Balaban J connectivity index is 2.11. The van der Waals surface area contributed by atoms with Crippen LogP contribution in [-0.4, -0.2) is 49.2 Å². The van der Waals surface area contributed by atoms with E-state index in [1.165, 1.54) is 19.4 Å². The lowest BCUT2D eigenvalue weighted by Gasteiger charge is -2.29. The zero-order chi connectivity index (χ0) is 11.3. The molecule has 2 unspecified atom stereocenters. The number of carboxylic acid groups (broad SMARTS) is 1. The maximum absolute atomic E-state index is 10.6. The van der Waals surface area contributed by atoms with Crippen LogP contribution in [0.5, 0.6) is 0 Å². The van der Waals surface area contributed by atoms with Gasteiger partial charge in [0.15, 0.2) is 0 Å². The van der Waals surface area contributed by atoms with Crippen LogP contribution in [0, 0.1) is 11.8 Å². The van der Waals surface area contributed by atoms with Crippen molar-refractivity contribution in [2.75, 3.05) is 33.2 Å². The van der Waals surface area contributed by atoms with E-state index in [1.807, 2.05) is 0 Å². The van der Waals surface area contributed by atoms with Crippen molar-refractivity contribution in [3.8, 4) is 0 Å². The average Bonchev–Trinajstić information content (AvgIpc) is 2.17. The molecule has 1 heterocycles. The van der Waals surface area contributed by atoms with Crippen molar-refractivity contribution in [3.05, 3.63) is 0 Å². The first-order chi connectivity index (χ1) is 7.09. The fourth-order valence-corrected chi connectivity index (χ4v) is 2.03. The van der Waals surface area contributed by atoms with E-state index in [4.69, 9.17) is 5.11 Å². The molecular weight excluding hydrogens is 192 g/mol. The molecule has 1 aliphatic heterocycles. The highest BCUT2D eigenvalue weighted by Gasteiger charge is 2.17. The molecule has 88 valence electrons. The fraction of sp³-hybridized carbons (Fsp3) is 0.909. The summed E-state index contributed by atoms with van der Waals surface area (Å²) in [7, 11) is 2.14. The first kappa shape index (κ1) is 12.5. The minimum atomic E-state index is -0.719. The van der Waals surface area contributed by atoms with E-state index in [1.54, 1.807) is 6.92 Å². The summed E-state index contributed by atoms with van der Waals surface area (Å²) in [5.41, 5.74) is 0. The summed E-state index contributed by atoms with van der Waals surface area (Å²) >= 11 is 0. The van der Waals surface area contributed by atoms with Crippen molar-refractivity contribution in [2.24, 2.45) is 11.8 Å². The van der Waals surface area contributed by atoms with Gasteiger partial charge >= 0.3 is 5.97 Å². The standard InChI is InChI=1S/C11H22N2O2/c1-9(11(14)15)6-12-7-10-4-3-5-13(2)8-10/h9-10,12H,3-8H2,1-2H3,(H,14,15). The number of rotatable bonds is 5. The van der Waals surface area contributed by atoms with Gasteiger partial charge in [-0.15, -0.1) is 0 Å². The molecule has 0 bridgehead atoms. The van der Waals surface area contributed by atoms with Crippen LogP contribution in [0.3, 0.4) is 0 Å². The molecule has 0 aromatic carbocycles. The molecule has 0 aromatic rings. The SMILES string of the molecule is CC(CNCC1CCCN(C)C1)C(=O)O. The summed E-state index contributed by atoms with van der Waals surface area (Å²) in [6, 6.07) is 0. The lowest BCUT2D eigenvalue weighted by molar-refractivity contribution is -0.140. The minimum absolute atomic E-state index is 0.286. The Bertz CT molecular complexity index is 209. The normalized spacial score (nSPS) is 25.1. The summed E-state index contributed by atoms with van der Waals surface area (Å²) in [6.45, 7) is 5.59. The largest absolute Gasteiger partial charge is 0.481 e. The van der Waals surface area contributed by atoms with Gasteiger partial charge in [0.25, 0.3) is 0 Å². The monoisotopic (exact) mass is 214 g/mol. The molecular formula is C11H22N2O2. The molecule has 15 heavy (non-hydrogen) atoms. The van der Waals surface area contributed by atoms with Crippen LogP contribution in [-0.2, 0) is 4.79 Å². The van der Waals surface area contributed by atoms with Crippen LogP contribution in [0.25, 0.3) is 0 Å². The number of carbonyl (C=O) groups is 1. The Kier molecular flexibility index (Phi) is 5.05. The lowest BCUT2D eigenvalue weighted by atomic mass is 9.98. The summed E-state index contributed by atoms with van der Waals surface area (Å²) in [5.74, 6) is -0.320. The van der Waals surface area contributed by atoms with E-state index in [0.717, 1.165) is 13.1 Å². The quantitative estimate of drug-likeness (QED) is 0.705. The van der Waals surface area contributed by atoms with E-state index >= 15 is 0 Å². The highest BCUT2D eigenvalue weighted by Crippen LogP contribution is 2.13. The molecule has 1 saturated heterocycles. The number of piperidine rings is 1. The van der Waals surface area contributed by atoms with Crippen molar-refractivity contribution in [3.63, 3.8) is 0 Å². The highest BCUT2D eigenvalue weighted by molar-refractivity contribution is 5.69. The van der Waals surface area contributed by atoms with Gasteiger partial charge in [-0.2, -0.15) is 0 Å². The number of carboxylic acids is 1. The number of nitrogens with zero attached hydrogens (tertiary/aromatic N) is 1. The van der Waals surface area contributed by atoms with Gasteiger partial charge in [-0.1, -0.05) is 6.92 Å². The molecule has 0 radical (unpaired) electrons. The topological polar surface area (TPSA) is 52.6 Å². The molecule has 0 spiro atoms. The van der Waals surface area contributed by atoms with Crippen molar-refractivity contribution in [2.45, 2.75) is 19.8 Å². The molecule has 1 aliphatic rings. The predicted octanol–water partition coefficient (Wildman–Crippen LogP) is 0.639. The summed E-state index contributed by atoms with van der Waals surface area (Å²) in [6.07, 6.45) is 2.52. The molecule has 0 aromatic heterocycles. The molecule has 0 aliphatic carbocycles. The van der Waals surface area contributed by atoms with Crippen LogP contribution in [0.1, 0.15) is 19.8 Å². The van der Waals surface area contributed by atoms with Gasteiger partial charge in [-0.25, -0.2) is 0 Å². The summed E-state index contributed by atoms with van der Waals surface area (Å²) in [5, 5.41) is 12.0. The molecule has 1 rings (SSSR count). The Hall–Kier alpha value is -0.610. The van der Waals surface area contributed by atoms with Crippen molar-refractivity contribution in [1.82, 2.24) is 10.2 Å². The summed E-state index contributed by atoms with van der Waals surface area (Å²) < 4.78 is 0. The predicted molar refractivity (Wildman–Crippen MR) is 59.9 cm³/mol. The van der Waals surface area contributed by atoms with Crippen molar-refractivity contribution >= 4 is 5.97 Å². The Morgan fingerprint density at radius 3 is 3.00 bits per heavy atom. The average molecular weight is 214 g/mol. The highest BCUT2D eigenvalue weighted by atomic mass is 16.4. The molecule has 1 fully saturated rings. The molecule has 2 atom stereocenters. The number of likely N-dealkylation sites (tertiary alicyclic amines) is 1. The second-order valence-electron chi connectivity index (χ2n) is 4.67. The van der Waals surface area contributed by atoms with Gasteiger partial charge in [0.2, 0.25) is 0 Å². The third kappa shape index (κ3) is 4.62.